The first-order valence-electron chi connectivity index (χ1n) is 6.73. The minimum Gasteiger partial charge on any atom is -0.451 e. The first-order chi connectivity index (χ1) is 10.6. The van der Waals surface area contributed by atoms with Crippen LogP contribution < -0.4 is 5.32 Å². The number of pyridine rings is 1. The molecule has 0 radical (unpaired) electrons. The van der Waals surface area contributed by atoms with Crippen LogP contribution in [0.1, 0.15) is 16.1 Å². The van der Waals surface area contributed by atoms with E-state index in [-0.39, 0.29) is 11.7 Å². The zero-order valence-electron chi connectivity index (χ0n) is 11.8. The molecule has 2 aromatic heterocycles. The van der Waals surface area contributed by atoms with Gasteiger partial charge in [-0.15, -0.1) is 0 Å². The zero-order valence-corrected chi connectivity index (χ0v) is 12.6. The number of anilines is 1. The van der Waals surface area contributed by atoms with Gasteiger partial charge in [-0.2, -0.15) is 0 Å². The number of nitrogens with one attached hydrogen (secondary N) is 1. The summed E-state index contributed by atoms with van der Waals surface area (Å²) in [5.41, 5.74) is 1.63. The molecule has 0 saturated carbocycles. The number of carbonyl (C=O) groups is 1. The smallest absolute Gasteiger partial charge is 0.292 e. The van der Waals surface area contributed by atoms with E-state index in [2.05, 4.69) is 10.3 Å². The number of nitrogens with zero attached hydrogens (tertiary/aromatic N) is 1. The van der Waals surface area contributed by atoms with Crippen LogP contribution in [0.4, 0.5) is 5.82 Å². The van der Waals surface area contributed by atoms with Gasteiger partial charge in [-0.3, -0.25) is 4.79 Å². The fourth-order valence-electron chi connectivity index (χ4n) is 2.05. The number of aromatic nitrogens is 1. The summed E-state index contributed by atoms with van der Waals surface area (Å²) in [4.78, 5) is 16.3. The summed E-state index contributed by atoms with van der Waals surface area (Å²) in [7, 11) is 0. The van der Waals surface area contributed by atoms with Gasteiger partial charge in [0.15, 0.2) is 5.76 Å². The Balaban J connectivity index is 1.84. The van der Waals surface area contributed by atoms with Gasteiger partial charge in [0.25, 0.3) is 5.91 Å². The van der Waals surface area contributed by atoms with Crippen molar-refractivity contribution in [3.8, 4) is 11.3 Å². The van der Waals surface area contributed by atoms with E-state index in [4.69, 9.17) is 16.0 Å². The van der Waals surface area contributed by atoms with Crippen molar-refractivity contribution >= 4 is 23.3 Å². The SMILES string of the molecule is Cc1cccnc1NC(=O)c1ccc(-c2ccccc2Cl)o1. The molecular formula is C17H13ClN2O2. The van der Waals surface area contributed by atoms with Gasteiger partial charge in [0, 0.05) is 11.8 Å². The lowest BCUT2D eigenvalue weighted by Gasteiger charge is -2.05. The number of aryl methyl sites for hydroxylation is 1. The van der Waals surface area contributed by atoms with Crippen molar-refractivity contribution in [3.05, 3.63) is 71.1 Å². The minimum atomic E-state index is -0.347. The van der Waals surface area contributed by atoms with Gasteiger partial charge < -0.3 is 9.73 Å². The van der Waals surface area contributed by atoms with Crippen molar-refractivity contribution in [1.82, 2.24) is 4.98 Å². The molecule has 22 heavy (non-hydrogen) atoms. The molecule has 0 spiro atoms. The van der Waals surface area contributed by atoms with Crippen LogP contribution in [-0.2, 0) is 0 Å². The van der Waals surface area contributed by atoms with Gasteiger partial charge in [-0.25, -0.2) is 4.98 Å². The van der Waals surface area contributed by atoms with Crippen LogP contribution in [0.25, 0.3) is 11.3 Å². The maximum Gasteiger partial charge on any atom is 0.292 e. The molecule has 1 aromatic carbocycles. The Labute approximate surface area is 132 Å². The molecule has 3 rings (SSSR count). The van der Waals surface area contributed by atoms with Crippen LogP contribution >= 0.6 is 11.6 Å². The second-order valence-corrected chi connectivity index (χ2v) is 5.17. The molecule has 0 atom stereocenters. The first kappa shape index (κ1) is 14.4. The molecule has 0 aliphatic carbocycles. The summed E-state index contributed by atoms with van der Waals surface area (Å²) < 4.78 is 5.60. The summed E-state index contributed by atoms with van der Waals surface area (Å²) in [5.74, 6) is 0.928. The molecule has 5 heteroatoms. The standard InChI is InChI=1S/C17H13ClN2O2/c1-11-5-4-10-19-16(11)20-17(21)15-9-8-14(22-15)12-6-2-3-7-13(12)18/h2-10H,1H3,(H,19,20,21). The molecule has 0 saturated heterocycles. The molecule has 3 aromatic rings. The van der Waals surface area contributed by atoms with Crippen molar-refractivity contribution in [1.29, 1.82) is 0 Å². The highest BCUT2D eigenvalue weighted by atomic mass is 35.5. The van der Waals surface area contributed by atoms with Crippen molar-refractivity contribution in [2.45, 2.75) is 6.92 Å². The number of benzene rings is 1. The predicted molar refractivity (Wildman–Crippen MR) is 86.1 cm³/mol. The van der Waals surface area contributed by atoms with Gasteiger partial charge >= 0.3 is 0 Å². The molecule has 2 heterocycles. The molecule has 0 unspecified atom stereocenters. The van der Waals surface area contributed by atoms with E-state index in [1.54, 1.807) is 24.4 Å². The Kier molecular flexibility index (Phi) is 3.94. The topological polar surface area (TPSA) is 55.1 Å². The molecule has 0 fully saturated rings. The molecule has 0 bridgehead atoms. The fourth-order valence-corrected chi connectivity index (χ4v) is 2.28. The molecule has 4 nitrogen and oxygen atoms in total. The van der Waals surface area contributed by atoms with Crippen LogP contribution in [0.15, 0.2) is 59.1 Å². The van der Waals surface area contributed by atoms with Gasteiger partial charge in [0.1, 0.15) is 11.6 Å². The van der Waals surface area contributed by atoms with Crippen molar-refractivity contribution < 1.29 is 9.21 Å². The number of amides is 1. The van der Waals surface area contributed by atoms with E-state index < -0.39 is 0 Å². The maximum absolute atomic E-state index is 12.2. The summed E-state index contributed by atoms with van der Waals surface area (Å²) in [6.45, 7) is 1.87. The molecule has 0 aliphatic rings. The van der Waals surface area contributed by atoms with Crippen molar-refractivity contribution in [2.24, 2.45) is 0 Å². The Morgan fingerprint density at radius 3 is 2.73 bits per heavy atom. The summed E-state index contributed by atoms with van der Waals surface area (Å²) in [6, 6.07) is 14.3. The van der Waals surface area contributed by atoms with E-state index in [9.17, 15) is 4.79 Å². The van der Waals surface area contributed by atoms with Crippen LogP contribution in [-0.4, -0.2) is 10.9 Å². The highest BCUT2D eigenvalue weighted by molar-refractivity contribution is 6.33. The third kappa shape index (κ3) is 2.87. The van der Waals surface area contributed by atoms with Crippen LogP contribution in [0.3, 0.4) is 0 Å². The monoisotopic (exact) mass is 312 g/mol. The molecule has 1 amide bonds. The normalized spacial score (nSPS) is 10.5. The van der Waals surface area contributed by atoms with E-state index in [1.807, 2.05) is 37.3 Å². The van der Waals surface area contributed by atoms with Gasteiger partial charge in [0.2, 0.25) is 0 Å². The maximum atomic E-state index is 12.2. The summed E-state index contributed by atoms with van der Waals surface area (Å²) in [6.07, 6.45) is 1.62. The Morgan fingerprint density at radius 1 is 1.14 bits per heavy atom. The number of carbonyl (C=O) groups excluding carboxylic acids is 1. The third-order valence-corrected chi connectivity index (χ3v) is 3.54. The molecule has 0 aliphatic heterocycles. The van der Waals surface area contributed by atoms with E-state index in [0.29, 0.717) is 16.6 Å². The zero-order chi connectivity index (χ0) is 15.5. The number of hydrogen-bond donors (Lipinski definition) is 1. The molecular weight excluding hydrogens is 300 g/mol. The predicted octanol–water partition coefficient (Wildman–Crippen LogP) is 4.56. The Morgan fingerprint density at radius 2 is 1.95 bits per heavy atom. The fraction of sp³-hybridized carbons (Fsp3) is 0.0588. The van der Waals surface area contributed by atoms with E-state index in [1.165, 1.54) is 0 Å². The van der Waals surface area contributed by atoms with Crippen molar-refractivity contribution in [3.63, 3.8) is 0 Å². The number of halogens is 1. The van der Waals surface area contributed by atoms with E-state index in [0.717, 1.165) is 11.1 Å². The highest BCUT2D eigenvalue weighted by Gasteiger charge is 2.15. The number of hydrogen-bond acceptors (Lipinski definition) is 3. The first-order valence-corrected chi connectivity index (χ1v) is 7.10. The van der Waals surface area contributed by atoms with E-state index >= 15 is 0 Å². The lowest BCUT2D eigenvalue weighted by atomic mass is 10.2. The lowest BCUT2D eigenvalue weighted by molar-refractivity contribution is 0.0997. The Bertz CT molecular complexity index is 827. The Hall–Kier alpha value is -2.59. The van der Waals surface area contributed by atoms with Crippen molar-refractivity contribution in [2.75, 3.05) is 5.32 Å². The molecule has 110 valence electrons. The largest absolute Gasteiger partial charge is 0.451 e. The average Bonchev–Trinajstić information content (AvgIpc) is 3.00. The van der Waals surface area contributed by atoms with Crippen LogP contribution in [0.2, 0.25) is 5.02 Å². The van der Waals surface area contributed by atoms with Gasteiger partial charge in [-0.05, 0) is 42.8 Å². The van der Waals surface area contributed by atoms with Gasteiger partial charge in [-0.1, -0.05) is 29.8 Å². The number of rotatable bonds is 3. The quantitative estimate of drug-likeness (QED) is 0.771. The van der Waals surface area contributed by atoms with Crippen LogP contribution in [0, 0.1) is 6.92 Å². The summed E-state index contributed by atoms with van der Waals surface area (Å²) in [5, 5.41) is 3.30. The molecule has 1 N–H and O–H groups in total. The minimum absolute atomic E-state index is 0.208. The van der Waals surface area contributed by atoms with Crippen LogP contribution in [0.5, 0.6) is 0 Å². The average molecular weight is 313 g/mol. The third-order valence-electron chi connectivity index (χ3n) is 3.21. The highest BCUT2D eigenvalue weighted by Crippen LogP contribution is 2.29. The number of furan rings is 1. The lowest BCUT2D eigenvalue weighted by Crippen LogP contribution is -2.12. The second kappa shape index (κ2) is 6.03. The summed E-state index contributed by atoms with van der Waals surface area (Å²) >= 11 is 6.13. The second-order valence-electron chi connectivity index (χ2n) is 4.77. The van der Waals surface area contributed by atoms with Gasteiger partial charge in [0.05, 0.1) is 5.02 Å².